The summed E-state index contributed by atoms with van der Waals surface area (Å²) in [6, 6.07) is 6.38. The highest BCUT2D eigenvalue weighted by Crippen LogP contribution is 2.18. The molecule has 1 aromatic rings. The molecule has 0 unspecified atom stereocenters. The third-order valence-corrected chi connectivity index (χ3v) is 2.58. The second-order valence-corrected chi connectivity index (χ2v) is 3.74. The molecule has 0 bridgehead atoms. The number of hydrogen-bond acceptors (Lipinski definition) is 0. The lowest BCUT2D eigenvalue weighted by Gasteiger charge is -2.07. The van der Waals surface area contributed by atoms with Gasteiger partial charge in [0, 0.05) is 0 Å². The maximum atomic E-state index is 3.96. The van der Waals surface area contributed by atoms with Crippen LogP contribution in [0.25, 0.3) is 5.57 Å². The molecule has 0 amide bonds. The van der Waals surface area contributed by atoms with Crippen molar-refractivity contribution in [1.29, 1.82) is 0 Å². The van der Waals surface area contributed by atoms with Crippen LogP contribution in [0.4, 0.5) is 0 Å². The second-order valence-electron chi connectivity index (χ2n) is 3.74. The zero-order valence-corrected chi connectivity index (χ0v) is 9.87. The van der Waals surface area contributed by atoms with E-state index in [4.69, 9.17) is 0 Å². The molecule has 0 aliphatic rings. The van der Waals surface area contributed by atoms with E-state index in [1.165, 1.54) is 11.1 Å². The van der Waals surface area contributed by atoms with Gasteiger partial charge < -0.3 is 0 Å². The fourth-order valence-corrected chi connectivity index (χ4v) is 1.50. The SMILES string of the molecule is C=C/C=C\Cc1cc(C(=C)C=C)ccc1C. The molecule has 1 rings (SSSR count). The fraction of sp³-hybridized carbons (Fsp3) is 0.125. The Morgan fingerprint density at radius 3 is 2.69 bits per heavy atom. The molecular weight excluding hydrogens is 192 g/mol. The molecule has 0 heteroatoms. The Morgan fingerprint density at radius 2 is 2.06 bits per heavy atom. The maximum absolute atomic E-state index is 3.96. The first-order valence-corrected chi connectivity index (χ1v) is 5.38. The monoisotopic (exact) mass is 210 g/mol. The van der Waals surface area contributed by atoms with Gasteiger partial charge in [-0.15, -0.1) is 0 Å². The van der Waals surface area contributed by atoms with Crippen LogP contribution in [0.1, 0.15) is 16.7 Å². The quantitative estimate of drug-likeness (QED) is 0.629. The number of allylic oxidation sites excluding steroid dienone is 5. The van der Waals surface area contributed by atoms with Gasteiger partial charge in [0.2, 0.25) is 0 Å². The molecule has 82 valence electrons. The fourth-order valence-electron chi connectivity index (χ4n) is 1.50. The molecule has 0 radical (unpaired) electrons. The maximum Gasteiger partial charge on any atom is -0.00915 e. The predicted octanol–water partition coefficient (Wildman–Crippen LogP) is 4.48. The number of aryl methyl sites for hydroxylation is 1. The van der Waals surface area contributed by atoms with Gasteiger partial charge >= 0.3 is 0 Å². The van der Waals surface area contributed by atoms with E-state index in [0.717, 1.165) is 17.6 Å². The van der Waals surface area contributed by atoms with Crippen LogP contribution >= 0.6 is 0 Å². The van der Waals surface area contributed by atoms with E-state index in [9.17, 15) is 0 Å². The lowest BCUT2D eigenvalue weighted by atomic mass is 9.98. The molecule has 0 saturated carbocycles. The Kier molecular flexibility index (Phi) is 4.53. The number of hydrogen-bond donors (Lipinski definition) is 0. The van der Waals surface area contributed by atoms with Gasteiger partial charge in [-0.1, -0.05) is 62.2 Å². The minimum Gasteiger partial charge on any atom is -0.0991 e. The summed E-state index contributed by atoms with van der Waals surface area (Å²) in [5, 5.41) is 0. The summed E-state index contributed by atoms with van der Waals surface area (Å²) in [7, 11) is 0. The molecule has 0 aliphatic carbocycles. The Hall–Kier alpha value is -1.82. The molecule has 0 heterocycles. The highest BCUT2D eigenvalue weighted by molar-refractivity contribution is 5.72. The molecule has 0 atom stereocenters. The van der Waals surface area contributed by atoms with Crippen LogP contribution in [0.3, 0.4) is 0 Å². The minimum absolute atomic E-state index is 0.927. The molecule has 0 saturated heterocycles. The van der Waals surface area contributed by atoms with E-state index in [0.29, 0.717) is 0 Å². The van der Waals surface area contributed by atoms with E-state index in [1.807, 2.05) is 6.08 Å². The molecule has 1 aromatic carbocycles. The van der Waals surface area contributed by atoms with E-state index < -0.39 is 0 Å². The van der Waals surface area contributed by atoms with Gasteiger partial charge in [-0.3, -0.25) is 0 Å². The van der Waals surface area contributed by atoms with Gasteiger partial charge in [0.05, 0.1) is 0 Å². The topological polar surface area (TPSA) is 0 Å². The molecule has 0 N–H and O–H groups in total. The van der Waals surface area contributed by atoms with Crippen molar-refractivity contribution in [3.63, 3.8) is 0 Å². The molecule has 0 aromatic heterocycles. The number of benzene rings is 1. The van der Waals surface area contributed by atoms with Crippen molar-refractivity contribution in [2.75, 3.05) is 0 Å². The van der Waals surface area contributed by atoms with Crippen LogP contribution in [0.15, 0.2) is 62.2 Å². The lowest BCUT2D eigenvalue weighted by molar-refractivity contribution is 1.21. The highest BCUT2D eigenvalue weighted by atomic mass is 14.0. The highest BCUT2D eigenvalue weighted by Gasteiger charge is 2.00. The smallest absolute Gasteiger partial charge is 0.00915 e. The van der Waals surface area contributed by atoms with E-state index in [-0.39, 0.29) is 0 Å². The molecule has 0 fully saturated rings. The summed E-state index contributed by atoms with van der Waals surface area (Å²) in [5.41, 5.74) is 4.73. The van der Waals surface area contributed by atoms with Crippen molar-refractivity contribution in [2.45, 2.75) is 13.3 Å². The standard InChI is InChI=1S/C16H18/c1-5-7-8-9-15-12-16(13(3)6-2)11-10-14(15)4/h5-8,10-12H,1-3,9H2,4H3/b8-7-. The minimum atomic E-state index is 0.927. The zero-order chi connectivity index (χ0) is 12.0. The van der Waals surface area contributed by atoms with Gasteiger partial charge in [0.25, 0.3) is 0 Å². The van der Waals surface area contributed by atoms with Crippen molar-refractivity contribution >= 4 is 5.57 Å². The summed E-state index contributed by atoms with van der Waals surface area (Å²) < 4.78 is 0. The summed E-state index contributed by atoms with van der Waals surface area (Å²) >= 11 is 0. The van der Waals surface area contributed by atoms with Gasteiger partial charge in [0.15, 0.2) is 0 Å². The van der Waals surface area contributed by atoms with Crippen LogP contribution in [0.2, 0.25) is 0 Å². The third kappa shape index (κ3) is 3.09. The van der Waals surface area contributed by atoms with Crippen LogP contribution in [-0.4, -0.2) is 0 Å². The van der Waals surface area contributed by atoms with E-state index >= 15 is 0 Å². The Morgan fingerprint density at radius 1 is 1.31 bits per heavy atom. The lowest BCUT2D eigenvalue weighted by Crippen LogP contribution is -1.89. The average Bonchev–Trinajstić information content (AvgIpc) is 2.31. The summed E-state index contributed by atoms with van der Waals surface area (Å²) in [6.45, 7) is 13.5. The van der Waals surface area contributed by atoms with Gasteiger partial charge in [-0.2, -0.15) is 0 Å². The molecule has 0 spiro atoms. The molecule has 0 aliphatic heterocycles. The van der Waals surface area contributed by atoms with Crippen molar-refractivity contribution in [2.24, 2.45) is 0 Å². The molecule has 0 nitrogen and oxygen atoms in total. The average molecular weight is 210 g/mol. The second kappa shape index (κ2) is 5.92. The third-order valence-electron chi connectivity index (χ3n) is 2.58. The first kappa shape index (κ1) is 12.3. The number of rotatable bonds is 5. The van der Waals surface area contributed by atoms with Gasteiger partial charge in [0.1, 0.15) is 0 Å². The summed E-state index contributed by atoms with van der Waals surface area (Å²) in [5.74, 6) is 0. The van der Waals surface area contributed by atoms with Crippen molar-refractivity contribution < 1.29 is 0 Å². The molecule has 16 heavy (non-hydrogen) atoms. The Bertz CT molecular complexity index is 433. The summed E-state index contributed by atoms with van der Waals surface area (Å²) in [6.07, 6.45) is 8.58. The zero-order valence-electron chi connectivity index (χ0n) is 9.87. The van der Waals surface area contributed by atoms with Crippen LogP contribution in [0, 0.1) is 6.92 Å². The van der Waals surface area contributed by atoms with Crippen LogP contribution in [-0.2, 0) is 6.42 Å². The first-order valence-electron chi connectivity index (χ1n) is 5.38. The van der Waals surface area contributed by atoms with E-state index in [2.05, 4.69) is 50.9 Å². The summed E-state index contributed by atoms with van der Waals surface area (Å²) in [4.78, 5) is 0. The van der Waals surface area contributed by atoms with Crippen LogP contribution < -0.4 is 0 Å². The van der Waals surface area contributed by atoms with Gasteiger partial charge in [-0.05, 0) is 35.6 Å². The van der Waals surface area contributed by atoms with Crippen molar-refractivity contribution in [3.05, 3.63) is 78.9 Å². The Labute approximate surface area is 98.3 Å². The van der Waals surface area contributed by atoms with Crippen molar-refractivity contribution in [1.82, 2.24) is 0 Å². The molecular formula is C16H18. The first-order chi connectivity index (χ1) is 7.69. The largest absolute Gasteiger partial charge is 0.0991 e. The van der Waals surface area contributed by atoms with Crippen LogP contribution in [0.5, 0.6) is 0 Å². The normalized spacial score (nSPS) is 10.3. The van der Waals surface area contributed by atoms with Gasteiger partial charge in [-0.25, -0.2) is 0 Å². The van der Waals surface area contributed by atoms with Crippen molar-refractivity contribution in [3.8, 4) is 0 Å². The predicted molar refractivity (Wildman–Crippen MR) is 73.5 cm³/mol. The Balaban J connectivity index is 2.98. The van der Waals surface area contributed by atoms with E-state index in [1.54, 1.807) is 12.2 Å².